The van der Waals surface area contributed by atoms with Crippen molar-refractivity contribution in [1.82, 2.24) is 4.90 Å². The summed E-state index contributed by atoms with van der Waals surface area (Å²) < 4.78 is 0. The van der Waals surface area contributed by atoms with Crippen LogP contribution in [-0.2, 0) is 6.54 Å². The molecule has 98 valence electrons. The zero-order valence-electron chi connectivity index (χ0n) is 10.7. The molecule has 1 aliphatic rings. The maximum absolute atomic E-state index is 7.39. The first-order chi connectivity index (χ1) is 8.60. The molecular formula is C14H20ClN3. The number of hydrogen-bond acceptors (Lipinski definition) is 2. The van der Waals surface area contributed by atoms with E-state index in [-0.39, 0.29) is 5.84 Å². The third-order valence-corrected chi connectivity index (χ3v) is 3.77. The molecule has 0 bridgehead atoms. The van der Waals surface area contributed by atoms with Crippen molar-refractivity contribution in [2.45, 2.75) is 26.3 Å². The van der Waals surface area contributed by atoms with E-state index in [1.165, 1.54) is 19.4 Å². The van der Waals surface area contributed by atoms with Crippen LogP contribution in [0.15, 0.2) is 18.2 Å². The Balaban J connectivity index is 2.05. The van der Waals surface area contributed by atoms with Crippen LogP contribution in [0.4, 0.5) is 0 Å². The maximum Gasteiger partial charge on any atom is 0.122 e. The number of nitrogens with two attached hydrogens (primary N) is 1. The highest BCUT2D eigenvalue weighted by molar-refractivity contribution is 6.31. The van der Waals surface area contributed by atoms with E-state index in [4.69, 9.17) is 22.7 Å². The number of hydrogen-bond donors (Lipinski definition) is 2. The van der Waals surface area contributed by atoms with Crippen molar-refractivity contribution >= 4 is 17.4 Å². The number of halogens is 1. The normalized spacial score (nSPS) is 15.1. The molecule has 0 aromatic heterocycles. The molecule has 0 saturated heterocycles. The van der Waals surface area contributed by atoms with Gasteiger partial charge in [-0.2, -0.15) is 0 Å². The average molecular weight is 266 g/mol. The fourth-order valence-corrected chi connectivity index (χ4v) is 2.30. The number of rotatable bonds is 6. The monoisotopic (exact) mass is 265 g/mol. The van der Waals surface area contributed by atoms with Gasteiger partial charge in [0.25, 0.3) is 0 Å². The lowest BCUT2D eigenvalue weighted by Crippen LogP contribution is -2.25. The number of amidine groups is 1. The van der Waals surface area contributed by atoms with Gasteiger partial charge in [-0.05, 0) is 36.9 Å². The zero-order chi connectivity index (χ0) is 13.1. The highest BCUT2D eigenvalue weighted by Gasteiger charge is 2.23. The van der Waals surface area contributed by atoms with E-state index in [9.17, 15) is 0 Å². The number of nitrogens with zero attached hydrogens (tertiary/aromatic N) is 1. The Labute approximate surface area is 113 Å². The van der Waals surface area contributed by atoms with Crippen LogP contribution in [-0.4, -0.2) is 23.8 Å². The molecule has 3 nitrogen and oxygen atoms in total. The highest BCUT2D eigenvalue weighted by Crippen LogP contribution is 2.30. The second-order valence-electron chi connectivity index (χ2n) is 4.99. The van der Waals surface area contributed by atoms with Gasteiger partial charge in [0.15, 0.2) is 0 Å². The van der Waals surface area contributed by atoms with Crippen molar-refractivity contribution in [3.63, 3.8) is 0 Å². The van der Waals surface area contributed by atoms with Crippen LogP contribution in [0.1, 0.15) is 30.9 Å². The summed E-state index contributed by atoms with van der Waals surface area (Å²) >= 11 is 6.25. The molecule has 0 heterocycles. The largest absolute Gasteiger partial charge is 0.384 e. The lowest BCUT2D eigenvalue weighted by atomic mass is 10.1. The summed E-state index contributed by atoms with van der Waals surface area (Å²) in [7, 11) is 0. The SMILES string of the molecule is CCN(Cc1ccc(C(=N)N)cc1Cl)CC1CC1. The predicted molar refractivity (Wildman–Crippen MR) is 76.1 cm³/mol. The van der Waals surface area contributed by atoms with Crippen molar-refractivity contribution in [1.29, 1.82) is 5.41 Å². The average Bonchev–Trinajstić information content (AvgIpc) is 3.14. The van der Waals surface area contributed by atoms with E-state index in [0.717, 1.165) is 24.6 Å². The fourth-order valence-electron chi connectivity index (χ4n) is 2.06. The molecule has 0 radical (unpaired) electrons. The van der Waals surface area contributed by atoms with E-state index in [1.807, 2.05) is 12.1 Å². The van der Waals surface area contributed by atoms with E-state index < -0.39 is 0 Å². The van der Waals surface area contributed by atoms with Crippen LogP contribution < -0.4 is 5.73 Å². The summed E-state index contributed by atoms with van der Waals surface area (Å²) in [6, 6.07) is 5.63. The first-order valence-electron chi connectivity index (χ1n) is 6.45. The molecule has 3 N–H and O–H groups in total. The number of nitrogen functional groups attached to an aromatic ring is 1. The molecule has 1 saturated carbocycles. The van der Waals surface area contributed by atoms with Crippen LogP contribution in [0.3, 0.4) is 0 Å². The Bertz CT molecular complexity index is 441. The van der Waals surface area contributed by atoms with Crippen LogP contribution in [0.25, 0.3) is 0 Å². The first kappa shape index (κ1) is 13.4. The molecule has 2 rings (SSSR count). The molecule has 1 aromatic carbocycles. The highest BCUT2D eigenvalue weighted by atomic mass is 35.5. The molecule has 1 fully saturated rings. The summed E-state index contributed by atoms with van der Waals surface area (Å²) in [6.45, 7) is 5.27. The van der Waals surface area contributed by atoms with Gasteiger partial charge in [0.1, 0.15) is 5.84 Å². The van der Waals surface area contributed by atoms with E-state index in [2.05, 4.69) is 11.8 Å². The molecule has 0 amide bonds. The number of nitrogens with one attached hydrogen (secondary N) is 1. The summed E-state index contributed by atoms with van der Waals surface area (Å²) in [5.74, 6) is 0.953. The third-order valence-electron chi connectivity index (χ3n) is 3.42. The molecule has 18 heavy (non-hydrogen) atoms. The van der Waals surface area contributed by atoms with Gasteiger partial charge in [-0.3, -0.25) is 10.3 Å². The standard InChI is InChI=1S/C14H20ClN3/c1-2-18(8-10-3-4-10)9-12-6-5-11(14(16)17)7-13(12)15/h5-7,10H,2-4,8-9H2,1H3,(H3,16,17). The van der Waals surface area contributed by atoms with E-state index >= 15 is 0 Å². The van der Waals surface area contributed by atoms with Crippen molar-refractivity contribution in [2.24, 2.45) is 11.7 Å². The topological polar surface area (TPSA) is 53.1 Å². The van der Waals surface area contributed by atoms with Gasteiger partial charge >= 0.3 is 0 Å². The third kappa shape index (κ3) is 3.47. The lowest BCUT2D eigenvalue weighted by molar-refractivity contribution is 0.268. The minimum absolute atomic E-state index is 0.0637. The summed E-state index contributed by atoms with van der Waals surface area (Å²) in [5, 5.41) is 8.10. The molecule has 0 unspecified atom stereocenters. The van der Waals surface area contributed by atoms with Gasteiger partial charge in [0.2, 0.25) is 0 Å². The minimum atomic E-state index is 0.0637. The van der Waals surface area contributed by atoms with Crippen LogP contribution in [0, 0.1) is 11.3 Å². The maximum atomic E-state index is 7.39. The smallest absolute Gasteiger partial charge is 0.122 e. The summed E-state index contributed by atoms with van der Waals surface area (Å²) in [5.41, 5.74) is 7.25. The fraction of sp³-hybridized carbons (Fsp3) is 0.500. The molecule has 0 atom stereocenters. The van der Waals surface area contributed by atoms with Gasteiger partial charge in [-0.15, -0.1) is 0 Å². The van der Waals surface area contributed by atoms with Crippen molar-refractivity contribution in [3.8, 4) is 0 Å². The van der Waals surface area contributed by atoms with Gasteiger partial charge in [-0.25, -0.2) is 0 Å². The Morgan fingerprint density at radius 3 is 2.72 bits per heavy atom. The minimum Gasteiger partial charge on any atom is -0.384 e. The Morgan fingerprint density at radius 2 is 2.22 bits per heavy atom. The van der Waals surface area contributed by atoms with Crippen molar-refractivity contribution in [2.75, 3.05) is 13.1 Å². The second kappa shape index (κ2) is 5.72. The molecule has 1 aliphatic carbocycles. The quantitative estimate of drug-likeness (QED) is 0.614. The Kier molecular flexibility index (Phi) is 4.25. The lowest BCUT2D eigenvalue weighted by Gasteiger charge is -2.21. The second-order valence-corrected chi connectivity index (χ2v) is 5.40. The molecule has 0 spiro atoms. The Hall–Kier alpha value is -1.06. The predicted octanol–water partition coefficient (Wildman–Crippen LogP) is 2.86. The summed E-state index contributed by atoms with van der Waals surface area (Å²) in [4.78, 5) is 2.42. The van der Waals surface area contributed by atoms with Crippen LogP contribution in [0.5, 0.6) is 0 Å². The molecule has 1 aromatic rings. The number of benzene rings is 1. The van der Waals surface area contributed by atoms with E-state index in [1.54, 1.807) is 6.07 Å². The van der Waals surface area contributed by atoms with Gasteiger partial charge in [0, 0.05) is 23.7 Å². The molecule has 0 aliphatic heterocycles. The van der Waals surface area contributed by atoms with Crippen LogP contribution in [0.2, 0.25) is 5.02 Å². The molecule has 4 heteroatoms. The zero-order valence-corrected chi connectivity index (χ0v) is 11.5. The van der Waals surface area contributed by atoms with Crippen LogP contribution >= 0.6 is 11.6 Å². The Morgan fingerprint density at radius 1 is 1.50 bits per heavy atom. The summed E-state index contributed by atoms with van der Waals surface area (Å²) in [6.07, 6.45) is 2.74. The van der Waals surface area contributed by atoms with E-state index in [0.29, 0.717) is 10.6 Å². The van der Waals surface area contributed by atoms with Gasteiger partial charge < -0.3 is 5.73 Å². The molecular weight excluding hydrogens is 246 g/mol. The van der Waals surface area contributed by atoms with Crippen molar-refractivity contribution in [3.05, 3.63) is 34.3 Å². The van der Waals surface area contributed by atoms with Crippen molar-refractivity contribution < 1.29 is 0 Å². The first-order valence-corrected chi connectivity index (χ1v) is 6.83. The van der Waals surface area contributed by atoms with Gasteiger partial charge in [-0.1, -0.05) is 30.7 Å². The van der Waals surface area contributed by atoms with Gasteiger partial charge in [0.05, 0.1) is 0 Å².